The van der Waals surface area contributed by atoms with Gasteiger partial charge in [-0.05, 0) is 24.0 Å². The quantitative estimate of drug-likeness (QED) is 0.821. The zero-order valence-corrected chi connectivity index (χ0v) is 12.0. The van der Waals surface area contributed by atoms with Crippen LogP contribution < -0.4 is 5.32 Å². The first-order valence-electron chi connectivity index (χ1n) is 7.28. The molecule has 1 amide bonds. The molecule has 0 aliphatic rings. The Kier molecular flexibility index (Phi) is 5.98. The third-order valence-corrected chi connectivity index (χ3v) is 3.43. The lowest BCUT2D eigenvalue weighted by atomic mass is 10.1. The molecule has 110 valence electrons. The van der Waals surface area contributed by atoms with Crippen LogP contribution in [0.1, 0.15) is 30.0 Å². The van der Waals surface area contributed by atoms with E-state index in [4.69, 9.17) is 0 Å². The van der Waals surface area contributed by atoms with Crippen LogP contribution in [0.3, 0.4) is 0 Å². The third kappa shape index (κ3) is 5.04. The lowest BCUT2D eigenvalue weighted by Gasteiger charge is -2.16. The van der Waals surface area contributed by atoms with Gasteiger partial charge in [-0.3, -0.25) is 4.79 Å². The van der Waals surface area contributed by atoms with Crippen molar-refractivity contribution < 1.29 is 9.90 Å². The topological polar surface area (TPSA) is 49.3 Å². The van der Waals surface area contributed by atoms with Gasteiger partial charge in [-0.15, -0.1) is 0 Å². The Balaban J connectivity index is 1.78. The first-order valence-corrected chi connectivity index (χ1v) is 7.28. The van der Waals surface area contributed by atoms with Gasteiger partial charge in [-0.25, -0.2) is 0 Å². The molecule has 2 N–H and O–H groups in total. The van der Waals surface area contributed by atoms with Gasteiger partial charge in [0, 0.05) is 6.42 Å². The number of amides is 1. The summed E-state index contributed by atoms with van der Waals surface area (Å²) in [5.41, 5.74) is 2.17. The molecule has 21 heavy (non-hydrogen) atoms. The minimum Gasteiger partial charge on any atom is -0.394 e. The Morgan fingerprint density at radius 2 is 1.62 bits per heavy atom. The average molecular weight is 283 g/mol. The molecule has 1 atom stereocenters. The van der Waals surface area contributed by atoms with Gasteiger partial charge < -0.3 is 10.4 Å². The summed E-state index contributed by atoms with van der Waals surface area (Å²) in [4.78, 5) is 12.0. The summed E-state index contributed by atoms with van der Waals surface area (Å²) in [5.74, 6) is -0.0196. The van der Waals surface area contributed by atoms with Crippen molar-refractivity contribution in [3.8, 4) is 0 Å². The van der Waals surface area contributed by atoms with E-state index in [9.17, 15) is 9.90 Å². The molecule has 0 fully saturated rings. The van der Waals surface area contributed by atoms with Crippen molar-refractivity contribution in [3.05, 3.63) is 71.8 Å². The van der Waals surface area contributed by atoms with Crippen LogP contribution in [0.5, 0.6) is 0 Å². The Hall–Kier alpha value is -2.13. The second kappa shape index (κ2) is 8.22. The lowest BCUT2D eigenvalue weighted by Crippen LogP contribution is -2.30. The number of carbonyl (C=O) groups is 1. The van der Waals surface area contributed by atoms with Gasteiger partial charge in [0.25, 0.3) is 0 Å². The normalized spacial score (nSPS) is 11.9. The number of carbonyl (C=O) groups excluding carboxylic acids is 1. The second-order valence-electron chi connectivity index (χ2n) is 5.05. The van der Waals surface area contributed by atoms with Gasteiger partial charge in [-0.2, -0.15) is 0 Å². The number of nitrogens with one attached hydrogen (secondary N) is 1. The van der Waals surface area contributed by atoms with Crippen molar-refractivity contribution in [1.29, 1.82) is 0 Å². The highest BCUT2D eigenvalue weighted by atomic mass is 16.3. The van der Waals surface area contributed by atoms with Gasteiger partial charge in [0.2, 0.25) is 5.91 Å². The number of aliphatic hydroxyl groups excluding tert-OH is 1. The molecule has 2 aromatic rings. The number of benzene rings is 2. The van der Waals surface area contributed by atoms with E-state index in [2.05, 4.69) is 17.4 Å². The summed E-state index contributed by atoms with van der Waals surface area (Å²) in [6, 6.07) is 19.3. The second-order valence-corrected chi connectivity index (χ2v) is 5.05. The SMILES string of the molecule is O=C(CCCc1ccccc1)N[C@H](CO)c1ccccc1. The monoisotopic (exact) mass is 283 g/mol. The third-order valence-electron chi connectivity index (χ3n) is 3.43. The van der Waals surface area contributed by atoms with E-state index in [1.807, 2.05) is 48.5 Å². The van der Waals surface area contributed by atoms with E-state index in [1.54, 1.807) is 0 Å². The molecular weight excluding hydrogens is 262 g/mol. The molecule has 0 saturated heterocycles. The van der Waals surface area contributed by atoms with Crippen LogP contribution in [0.25, 0.3) is 0 Å². The molecule has 0 radical (unpaired) electrons. The molecular formula is C18H21NO2. The fraction of sp³-hybridized carbons (Fsp3) is 0.278. The number of aryl methyl sites for hydroxylation is 1. The molecule has 0 aliphatic carbocycles. The molecule has 0 unspecified atom stereocenters. The van der Waals surface area contributed by atoms with E-state index in [-0.39, 0.29) is 18.6 Å². The van der Waals surface area contributed by atoms with Gasteiger partial charge in [0.15, 0.2) is 0 Å². The number of hydrogen-bond donors (Lipinski definition) is 2. The standard InChI is InChI=1S/C18H21NO2/c20-14-17(16-11-5-2-6-12-16)19-18(21)13-7-10-15-8-3-1-4-9-15/h1-6,8-9,11-12,17,20H,7,10,13-14H2,(H,19,21)/t17-/m1/s1. The maximum absolute atomic E-state index is 12.0. The Bertz CT molecular complexity index is 540. The van der Waals surface area contributed by atoms with Crippen molar-refractivity contribution in [1.82, 2.24) is 5.32 Å². The largest absolute Gasteiger partial charge is 0.394 e. The lowest BCUT2D eigenvalue weighted by molar-refractivity contribution is -0.122. The summed E-state index contributed by atoms with van der Waals surface area (Å²) in [6.07, 6.45) is 2.17. The number of rotatable bonds is 7. The Morgan fingerprint density at radius 3 is 2.24 bits per heavy atom. The van der Waals surface area contributed by atoms with Crippen LogP contribution in [-0.4, -0.2) is 17.6 Å². The maximum atomic E-state index is 12.0. The summed E-state index contributed by atoms with van der Waals surface area (Å²) >= 11 is 0. The summed E-state index contributed by atoms with van der Waals surface area (Å²) in [7, 11) is 0. The predicted molar refractivity (Wildman–Crippen MR) is 83.8 cm³/mol. The molecule has 3 heteroatoms. The van der Waals surface area contributed by atoms with E-state index in [0.29, 0.717) is 6.42 Å². The van der Waals surface area contributed by atoms with Crippen LogP contribution >= 0.6 is 0 Å². The molecule has 0 saturated carbocycles. The van der Waals surface area contributed by atoms with E-state index in [0.717, 1.165) is 18.4 Å². The first-order chi connectivity index (χ1) is 10.3. The highest BCUT2D eigenvalue weighted by Crippen LogP contribution is 2.12. The van der Waals surface area contributed by atoms with Crippen molar-refractivity contribution in [2.75, 3.05) is 6.61 Å². The minimum absolute atomic E-state index is 0.0196. The highest BCUT2D eigenvalue weighted by Gasteiger charge is 2.12. The summed E-state index contributed by atoms with van der Waals surface area (Å²) in [5, 5.41) is 12.3. The minimum atomic E-state index is -0.324. The zero-order chi connectivity index (χ0) is 14.9. The predicted octanol–water partition coefficient (Wildman–Crippen LogP) is 2.86. The van der Waals surface area contributed by atoms with Crippen LogP contribution in [-0.2, 0) is 11.2 Å². The van der Waals surface area contributed by atoms with Crippen LogP contribution in [0.15, 0.2) is 60.7 Å². The van der Waals surface area contributed by atoms with Crippen molar-refractivity contribution in [2.45, 2.75) is 25.3 Å². The zero-order valence-electron chi connectivity index (χ0n) is 12.0. The van der Waals surface area contributed by atoms with E-state index < -0.39 is 0 Å². The van der Waals surface area contributed by atoms with Crippen LogP contribution in [0.2, 0.25) is 0 Å². The molecule has 0 bridgehead atoms. The Labute approximate surface area is 125 Å². The van der Waals surface area contributed by atoms with Crippen LogP contribution in [0, 0.1) is 0 Å². The fourth-order valence-corrected chi connectivity index (χ4v) is 2.28. The van der Waals surface area contributed by atoms with E-state index >= 15 is 0 Å². The van der Waals surface area contributed by atoms with Crippen molar-refractivity contribution in [3.63, 3.8) is 0 Å². The van der Waals surface area contributed by atoms with Crippen molar-refractivity contribution in [2.24, 2.45) is 0 Å². The maximum Gasteiger partial charge on any atom is 0.220 e. The molecule has 0 aliphatic heterocycles. The molecule has 3 nitrogen and oxygen atoms in total. The van der Waals surface area contributed by atoms with Gasteiger partial charge in [0.05, 0.1) is 12.6 Å². The van der Waals surface area contributed by atoms with Crippen LogP contribution in [0.4, 0.5) is 0 Å². The fourth-order valence-electron chi connectivity index (χ4n) is 2.28. The smallest absolute Gasteiger partial charge is 0.220 e. The van der Waals surface area contributed by atoms with Gasteiger partial charge in [0.1, 0.15) is 0 Å². The molecule has 2 aromatic carbocycles. The van der Waals surface area contributed by atoms with E-state index in [1.165, 1.54) is 5.56 Å². The van der Waals surface area contributed by atoms with Gasteiger partial charge >= 0.3 is 0 Å². The molecule has 0 aromatic heterocycles. The van der Waals surface area contributed by atoms with Gasteiger partial charge in [-0.1, -0.05) is 60.7 Å². The highest BCUT2D eigenvalue weighted by molar-refractivity contribution is 5.76. The summed E-state index contributed by atoms with van der Waals surface area (Å²) < 4.78 is 0. The number of aliphatic hydroxyl groups is 1. The number of hydrogen-bond acceptors (Lipinski definition) is 2. The first kappa shape index (κ1) is 15.3. The molecule has 2 rings (SSSR count). The average Bonchev–Trinajstić information content (AvgIpc) is 2.54. The van der Waals surface area contributed by atoms with Crippen molar-refractivity contribution >= 4 is 5.91 Å². The Morgan fingerprint density at radius 1 is 1.00 bits per heavy atom. The summed E-state index contributed by atoms with van der Waals surface area (Å²) in [6.45, 7) is -0.0889. The molecule has 0 heterocycles. The molecule has 0 spiro atoms.